The van der Waals surface area contributed by atoms with Crippen molar-refractivity contribution >= 4 is 5.78 Å². The molecule has 0 saturated heterocycles. The molecule has 0 aliphatic heterocycles. The van der Waals surface area contributed by atoms with Crippen molar-refractivity contribution in [2.45, 2.75) is 31.8 Å². The zero-order valence-electron chi connectivity index (χ0n) is 5.92. The molecule has 2 heteroatoms. The van der Waals surface area contributed by atoms with E-state index < -0.39 is 6.10 Å². The summed E-state index contributed by atoms with van der Waals surface area (Å²) in [7, 11) is 0. The molecule has 0 aromatic carbocycles. The Morgan fingerprint density at radius 1 is 1.50 bits per heavy atom. The van der Waals surface area contributed by atoms with Crippen molar-refractivity contribution in [2.75, 3.05) is 0 Å². The standard InChI is InChI=1S/C8H12O2/c9-7-3-1-2-4-8(10)6-5-7/h5-7,9H,1-4H2. The molecule has 0 saturated carbocycles. The van der Waals surface area contributed by atoms with Crippen LogP contribution in [0.4, 0.5) is 0 Å². The van der Waals surface area contributed by atoms with Gasteiger partial charge >= 0.3 is 0 Å². The summed E-state index contributed by atoms with van der Waals surface area (Å²) in [5.41, 5.74) is 0. The first-order chi connectivity index (χ1) is 4.79. The molecule has 1 rings (SSSR count). The van der Waals surface area contributed by atoms with Crippen LogP contribution < -0.4 is 0 Å². The molecular formula is C8H12O2. The van der Waals surface area contributed by atoms with Crippen LogP contribution in [0.25, 0.3) is 0 Å². The van der Waals surface area contributed by atoms with Gasteiger partial charge in [0, 0.05) is 6.42 Å². The predicted molar refractivity (Wildman–Crippen MR) is 38.6 cm³/mol. The predicted octanol–water partition coefficient (Wildman–Crippen LogP) is 1.05. The fourth-order valence-corrected chi connectivity index (χ4v) is 1.05. The number of ketones is 1. The SMILES string of the molecule is O=C1C=CC(O)CCCC1. The lowest BCUT2D eigenvalue weighted by molar-refractivity contribution is -0.114. The summed E-state index contributed by atoms with van der Waals surface area (Å²) >= 11 is 0. The number of carbonyl (C=O) groups is 1. The van der Waals surface area contributed by atoms with Crippen LogP contribution in [-0.4, -0.2) is 17.0 Å². The van der Waals surface area contributed by atoms with E-state index in [0.717, 1.165) is 19.3 Å². The highest BCUT2D eigenvalue weighted by Gasteiger charge is 2.05. The lowest BCUT2D eigenvalue weighted by atomic mass is 10.0. The van der Waals surface area contributed by atoms with Crippen molar-refractivity contribution in [3.8, 4) is 0 Å². The Labute approximate surface area is 60.6 Å². The minimum Gasteiger partial charge on any atom is -0.389 e. The topological polar surface area (TPSA) is 37.3 Å². The summed E-state index contributed by atoms with van der Waals surface area (Å²) in [4.78, 5) is 10.8. The van der Waals surface area contributed by atoms with Crippen LogP contribution in [0.3, 0.4) is 0 Å². The number of allylic oxidation sites excluding steroid dienone is 1. The Hall–Kier alpha value is -0.630. The maximum absolute atomic E-state index is 10.8. The van der Waals surface area contributed by atoms with Crippen LogP contribution in [0.5, 0.6) is 0 Å². The second kappa shape index (κ2) is 3.52. The average Bonchev–Trinajstić information content (AvgIpc) is 1.90. The third-order valence-electron chi connectivity index (χ3n) is 1.68. The molecule has 56 valence electrons. The summed E-state index contributed by atoms with van der Waals surface area (Å²) in [6.07, 6.45) is 5.99. The van der Waals surface area contributed by atoms with Crippen LogP contribution in [0, 0.1) is 0 Å². The average molecular weight is 140 g/mol. The highest BCUT2D eigenvalue weighted by Crippen LogP contribution is 2.08. The third-order valence-corrected chi connectivity index (χ3v) is 1.68. The summed E-state index contributed by atoms with van der Waals surface area (Å²) in [5.74, 6) is 0.138. The number of hydrogen-bond acceptors (Lipinski definition) is 2. The Balaban J connectivity index is 2.50. The van der Waals surface area contributed by atoms with Gasteiger partial charge in [-0.05, 0) is 18.9 Å². The van der Waals surface area contributed by atoms with Gasteiger partial charge in [-0.1, -0.05) is 12.5 Å². The van der Waals surface area contributed by atoms with Crippen molar-refractivity contribution in [1.82, 2.24) is 0 Å². The molecule has 0 aromatic rings. The Kier molecular flexibility index (Phi) is 2.63. The van der Waals surface area contributed by atoms with Gasteiger partial charge in [0.25, 0.3) is 0 Å². The van der Waals surface area contributed by atoms with Crippen LogP contribution in [0.15, 0.2) is 12.2 Å². The second-order valence-electron chi connectivity index (χ2n) is 2.64. The fourth-order valence-electron chi connectivity index (χ4n) is 1.05. The van der Waals surface area contributed by atoms with Gasteiger partial charge in [0.05, 0.1) is 6.10 Å². The molecule has 0 heterocycles. The van der Waals surface area contributed by atoms with Crippen LogP contribution in [-0.2, 0) is 4.79 Å². The molecule has 1 aliphatic carbocycles. The highest BCUT2D eigenvalue weighted by molar-refractivity contribution is 5.89. The normalized spacial score (nSPS) is 27.7. The number of hydrogen-bond donors (Lipinski definition) is 1. The van der Waals surface area contributed by atoms with E-state index in [-0.39, 0.29) is 5.78 Å². The molecule has 0 aromatic heterocycles. The quantitative estimate of drug-likeness (QED) is 0.546. The first kappa shape index (κ1) is 7.48. The zero-order valence-corrected chi connectivity index (χ0v) is 5.92. The van der Waals surface area contributed by atoms with Gasteiger partial charge in [0.15, 0.2) is 5.78 Å². The Bertz CT molecular complexity index is 149. The van der Waals surface area contributed by atoms with Crippen molar-refractivity contribution in [1.29, 1.82) is 0 Å². The van der Waals surface area contributed by atoms with Gasteiger partial charge in [0.1, 0.15) is 0 Å². The summed E-state index contributed by atoms with van der Waals surface area (Å²) in [6.45, 7) is 0. The monoisotopic (exact) mass is 140 g/mol. The maximum Gasteiger partial charge on any atom is 0.155 e. The smallest absolute Gasteiger partial charge is 0.155 e. The Morgan fingerprint density at radius 3 is 3.10 bits per heavy atom. The van der Waals surface area contributed by atoms with Crippen molar-refractivity contribution in [3.63, 3.8) is 0 Å². The van der Waals surface area contributed by atoms with E-state index in [0.29, 0.717) is 6.42 Å². The number of rotatable bonds is 0. The van der Waals surface area contributed by atoms with E-state index in [9.17, 15) is 4.79 Å². The minimum absolute atomic E-state index is 0.138. The zero-order chi connectivity index (χ0) is 7.40. The Morgan fingerprint density at radius 2 is 2.30 bits per heavy atom. The van der Waals surface area contributed by atoms with E-state index in [1.165, 1.54) is 6.08 Å². The summed E-state index contributed by atoms with van der Waals surface area (Å²) in [5, 5.41) is 9.09. The molecule has 2 nitrogen and oxygen atoms in total. The van der Waals surface area contributed by atoms with Gasteiger partial charge in [-0.25, -0.2) is 0 Å². The van der Waals surface area contributed by atoms with Crippen LogP contribution in [0.2, 0.25) is 0 Å². The van der Waals surface area contributed by atoms with Crippen LogP contribution >= 0.6 is 0 Å². The van der Waals surface area contributed by atoms with E-state index in [1.54, 1.807) is 6.08 Å². The number of carbonyl (C=O) groups excluding carboxylic acids is 1. The second-order valence-corrected chi connectivity index (χ2v) is 2.64. The molecule has 1 atom stereocenters. The lowest BCUT2D eigenvalue weighted by Gasteiger charge is -2.07. The molecule has 0 spiro atoms. The van der Waals surface area contributed by atoms with Gasteiger partial charge in [-0.2, -0.15) is 0 Å². The molecule has 0 bridgehead atoms. The van der Waals surface area contributed by atoms with E-state index >= 15 is 0 Å². The minimum atomic E-state index is -0.399. The largest absolute Gasteiger partial charge is 0.389 e. The summed E-state index contributed by atoms with van der Waals surface area (Å²) < 4.78 is 0. The lowest BCUT2D eigenvalue weighted by Crippen LogP contribution is -2.06. The van der Waals surface area contributed by atoms with Gasteiger partial charge < -0.3 is 5.11 Å². The molecule has 0 fully saturated rings. The van der Waals surface area contributed by atoms with Crippen molar-refractivity contribution in [2.24, 2.45) is 0 Å². The maximum atomic E-state index is 10.8. The molecule has 1 N–H and O–H groups in total. The van der Waals surface area contributed by atoms with Gasteiger partial charge in [0.2, 0.25) is 0 Å². The first-order valence-corrected chi connectivity index (χ1v) is 3.68. The molecule has 1 unspecified atom stereocenters. The molecule has 0 amide bonds. The molecule has 1 aliphatic rings. The molecular weight excluding hydrogens is 128 g/mol. The van der Waals surface area contributed by atoms with E-state index in [2.05, 4.69) is 0 Å². The van der Waals surface area contributed by atoms with E-state index in [4.69, 9.17) is 5.11 Å². The van der Waals surface area contributed by atoms with Gasteiger partial charge in [-0.3, -0.25) is 4.79 Å². The first-order valence-electron chi connectivity index (χ1n) is 3.68. The molecule has 0 radical (unpaired) electrons. The fraction of sp³-hybridized carbons (Fsp3) is 0.625. The number of aliphatic hydroxyl groups is 1. The van der Waals surface area contributed by atoms with Gasteiger partial charge in [-0.15, -0.1) is 0 Å². The number of aliphatic hydroxyl groups excluding tert-OH is 1. The van der Waals surface area contributed by atoms with Crippen molar-refractivity contribution in [3.05, 3.63) is 12.2 Å². The summed E-state index contributed by atoms with van der Waals surface area (Å²) in [6, 6.07) is 0. The molecule has 10 heavy (non-hydrogen) atoms. The van der Waals surface area contributed by atoms with E-state index in [1.807, 2.05) is 0 Å². The third kappa shape index (κ3) is 2.31. The van der Waals surface area contributed by atoms with Crippen molar-refractivity contribution < 1.29 is 9.90 Å². The van der Waals surface area contributed by atoms with Crippen LogP contribution in [0.1, 0.15) is 25.7 Å². The highest BCUT2D eigenvalue weighted by atomic mass is 16.3.